The summed E-state index contributed by atoms with van der Waals surface area (Å²) in [5.74, 6) is 2.94. The minimum atomic E-state index is 0.242. The second-order valence-electron chi connectivity index (χ2n) is 8.53. The van der Waals surface area contributed by atoms with Gasteiger partial charge in [0.15, 0.2) is 5.96 Å². The summed E-state index contributed by atoms with van der Waals surface area (Å²) in [7, 11) is 0. The number of ether oxygens (including phenoxy) is 1. The van der Waals surface area contributed by atoms with Crippen molar-refractivity contribution in [3.05, 3.63) is 48.0 Å². The number of hydrogen-bond donors (Lipinski definition) is 2. The van der Waals surface area contributed by atoms with Gasteiger partial charge in [0.05, 0.1) is 18.9 Å². The van der Waals surface area contributed by atoms with Gasteiger partial charge in [-0.05, 0) is 62.8 Å². The molecule has 2 saturated heterocycles. The lowest BCUT2D eigenvalue weighted by atomic mass is 10.1. The van der Waals surface area contributed by atoms with E-state index < -0.39 is 0 Å². The van der Waals surface area contributed by atoms with Crippen molar-refractivity contribution < 1.29 is 9.15 Å². The Kier molecular flexibility index (Phi) is 7.82. The zero-order valence-electron chi connectivity index (χ0n) is 18.6. The minimum absolute atomic E-state index is 0.242. The van der Waals surface area contributed by atoms with Crippen LogP contribution in [0.1, 0.15) is 43.4 Å². The summed E-state index contributed by atoms with van der Waals surface area (Å²) in [6.07, 6.45) is 10.4. The Morgan fingerprint density at radius 1 is 1.19 bits per heavy atom. The van der Waals surface area contributed by atoms with E-state index in [0.29, 0.717) is 12.6 Å². The van der Waals surface area contributed by atoms with E-state index in [1.807, 2.05) is 18.3 Å². The molecule has 0 radical (unpaired) electrons. The van der Waals surface area contributed by atoms with Crippen LogP contribution in [0, 0.1) is 6.92 Å². The third kappa shape index (κ3) is 6.72. The van der Waals surface area contributed by atoms with Crippen LogP contribution < -0.4 is 15.5 Å². The summed E-state index contributed by atoms with van der Waals surface area (Å²) < 4.78 is 11.3. The maximum atomic E-state index is 5.86. The lowest BCUT2D eigenvalue weighted by Crippen LogP contribution is -2.49. The first kappa shape index (κ1) is 21.7. The van der Waals surface area contributed by atoms with E-state index in [1.54, 1.807) is 6.26 Å². The molecule has 31 heavy (non-hydrogen) atoms. The fraction of sp³-hybridized carbons (Fsp3) is 0.583. The summed E-state index contributed by atoms with van der Waals surface area (Å²) in [4.78, 5) is 11.8. The van der Waals surface area contributed by atoms with E-state index in [-0.39, 0.29) is 6.10 Å². The number of nitrogens with one attached hydrogen (secondary N) is 2. The fourth-order valence-electron chi connectivity index (χ4n) is 4.15. The molecule has 7 heteroatoms. The highest BCUT2D eigenvalue weighted by Gasteiger charge is 2.21. The molecule has 0 amide bonds. The summed E-state index contributed by atoms with van der Waals surface area (Å²) in [6.45, 7) is 6.43. The molecule has 1 atom stereocenters. The standard InChI is InChI=1S/C24H35N5O2/c1-19-7-8-23(26-17-19)29-13-10-20(11-14-29)28-24(25-12-9-21-6-4-16-30-21)27-18-22-5-2-3-15-31-22/h4,6-8,16-17,20,22H,2-3,5,9-15,18H2,1H3,(H2,25,27,28). The molecule has 0 bridgehead atoms. The molecule has 2 N–H and O–H groups in total. The molecule has 2 aromatic rings. The van der Waals surface area contributed by atoms with Crippen LogP contribution in [0.3, 0.4) is 0 Å². The highest BCUT2D eigenvalue weighted by Crippen LogP contribution is 2.18. The van der Waals surface area contributed by atoms with E-state index in [1.165, 1.54) is 18.4 Å². The quantitative estimate of drug-likeness (QED) is 0.524. The maximum absolute atomic E-state index is 5.86. The molecule has 168 valence electrons. The fourth-order valence-corrected chi connectivity index (χ4v) is 4.15. The van der Waals surface area contributed by atoms with Gasteiger partial charge in [-0.25, -0.2) is 4.98 Å². The number of furan rings is 1. The number of piperidine rings is 1. The molecule has 1 unspecified atom stereocenters. The highest BCUT2D eigenvalue weighted by atomic mass is 16.5. The van der Waals surface area contributed by atoms with Gasteiger partial charge in [-0.1, -0.05) is 6.07 Å². The summed E-state index contributed by atoms with van der Waals surface area (Å²) in [6, 6.07) is 8.60. The number of rotatable bonds is 7. The minimum Gasteiger partial charge on any atom is -0.469 e. The Morgan fingerprint density at radius 3 is 2.81 bits per heavy atom. The molecule has 2 aliphatic rings. The Hall–Kier alpha value is -2.54. The topological polar surface area (TPSA) is 74.9 Å². The van der Waals surface area contributed by atoms with E-state index in [0.717, 1.165) is 69.5 Å². The number of aliphatic imine (C=N–C) groups is 1. The monoisotopic (exact) mass is 425 g/mol. The summed E-state index contributed by atoms with van der Waals surface area (Å²) >= 11 is 0. The maximum Gasteiger partial charge on any atom is 0.191 e. The molecule has 0 aliphatic carbocycles. The average molecular weight is 426 g/mol. The van der Waals surface area contributed by atoms with Crippen LogP contribution in [0.4, 0.5) is 5.82 Å². The molecule has 2 aliphatic heterocycles. The van der Waals surface area contributed by atoms with E-state index in [9.17, 15) is 0 Å². The number of aryl methyl sites for hydroxylation is 1. The van der Waals surface area contributed by atoms with Gasteiger partial charge in [0, 0.05) is 44.9 Å². The van der Waals surface area contributed by atoms with Crippen molar-refractivity contribution in [2.45, 2.75) is 57.6 Å². The smallest absolute Gasteiger partial charge is 0.191 e. The molecule has 0 aromatic carbocycles. The predicted octanol–water partition coefficient (Wildman–Crippen LogP) is 3.30. The van der Waals surface area contributed by atoms with Crippen LogP contribution in [0.2, 0.25) is 0 Å². The van der Waals surface area contributed by atoms with Gasteiger partial charge < -0.3 is 24.7 Å². The van der Waals surface area contributed by atoms with Crippen molar-refractivity contribution in [2.24, 2.45) is 4.99 Å². The Morgan fingerprint density at radius 2 is 2.10 bits per heavy atom. The van der Waals surface area contributed by atoms with Gasteiger partial charge in [0.25, 0.3) is 0 Å². The van der Waals surface area contributed by atoms with Gasteiger partial charge in [-0.2, -0.15) is 0 Å². The first-order chi connectivity index (χ1) is 15.3. The molecule has 7 nitrogen and oxygen atoms in total. The van der Waals surface area contributed by atoms with Crippen LogP contribution in [-0.4, -0.2) is 55.9 Å². The molecular formula is C24H35N5O2. The van der Waals surface area contributed by atoms with Crippen molar-refractivity contribution in [1.82, 2.24) is 15.6 Å². The van der Waals surface area contributed by atoms with Crippen molar-refractivity contribution in [2.75, 3.05) is 37.7 Å². The molecule has 2 aromatic heterocycles. The van der Waals surface area contributed by atoms with Crippen LogP contribution >= 0.6 is 0 Å². The lowest BCUT2D eigenvalue weighted by molar-refractivity contribution is 0.0224. The predicted molar refractivity (Wildman–Crippen MR) is 124 cm³/mol. The number of pyridine rings is 1. The van der Waals surface area contributed by atoms with Crippen molar-refractivity contribution in [3.63, 3.8) is 0 Å². The van der Waals surface area contributed by atoms with Crippen LogP contribution in [0.15, 0.2) is 46.1 Å². The SMILES string of the molecule is Cc1ccc(N2CCC(NC(=NCC3CCCCO3)NCCc3ccco3)CC2)nc1. The lowest BCUT2D eigenvalue weighted by Gasteiger charge is -2.34. The van der Waals surface area contributed by atoms with Crippen molar-refractivity contribution in [3.8, 4) is 0 Å². The Labute approximate surface area is 185 Å². The second kappa shape index (κ2) is 11.2. The summed E-state index contributed by atoms with van der Waals surface area (Å²) in [5.41, 5.74) is 1.20. The number of anilines is 1. The first-order valence-corrected chi connectivity index (χ1v) is 11.6. The molecule has 0 spiro atoms. The normalized spacial score (nSPS) is 20.6. The third-order valence-electron chi connectivity index (χ3n) is 6.03. The first-order valence-electron chi connectivity index (χ1n) is 11.6. The Bertz CT molecular complexity index is 792. The van der Waals surface area contributed by atoms with Gasteiger partial charge in [0.2, 0.25) is 0 Å². The van der Waals surface area contributed by atoms with E-state index >= 15 is 0 Å². The van der Waals surface area contributed by atoms with Crippen LogP contribution in [-0.2, 0) is 11.2 Å². The van der Waals surface area contributed by atoms with Gasteiger partial charge in [-0.15, -0.1) is 0 Å². The molecule has 4 heterocycles. The number of aromatic nitrogens is 1. The van der Waals surface area contributed by atoms with Crippen LogP contribution in [0.5, 0.6) is 0 Å². The number of nitrogens with zero attached hydrogens (tertiary/aromatic N) is 3. The van der Waals surface area contributed by atoms with E-state index in [2.05, 4.69) is 39.6 Å². The number of guanidine groups is 1. The Balaban J connectivity index is 1.29. The third-order valence-corrected chi connectivity index (χ3v) is 6.03. The molecular weight excluding hydrogens is 390 g/mol. The number of hydrogen-bond acceptors (Lipinski definition) is 5. The van der Waals surface area contributed by atoms with E-state index in [4.69, 9.17) is 14.1 Å². The summed E-state index contributed by atoms with van der Waals surface area (Å²) in [5, 5.41) is 7.15. The van der Waals surface area contributed by atoms with Gasteiger partial charge >= 0.3 is 0 Å². The largest absolute Gasteiger partial charge is 0.469 e. The van der Waals surface area contributed by atoms with Gasteiger partial charge in [-0.3, -0.25) is 4.99 Å². The second-order valence-corrected chi connectivity index (χ2v) is 8.53. The molecule has 2 fully saturated rings. The van der Waals surface area contributed by atoms with Crippen molar-refractivity contribution in [1.29, 1.82) is 0 Å². The highest BCUT2D eigenvalue weighted by molar-refractivity contribution is 5.80. The molecule has 4 rings (SSSR count). The molecule has 0 saturated carbocycles. The van der Waals surface area contributed by atoms with Gasteiger partial charge in [0.1, 0.15) is 11.6 Å². The average Bonchev–Trinajstić information content (AvgIpc) is 3.33. The van der Waals surface area contributed by atoms with Crippen LogP contribution in [0.25, 0.3) is 0 Å². The zero-order chi connectivity index (χ0) is 21.3. The zero-order valence-corrected chi connectivity index (χ0v) is 18.6. The van der Waals surface area contributed by atoms with Crippen molar-refractivity contribution >= 4 is 11.8 Å².